The van der Waals surface area contributed by atoms with Crippen molar-refractivity contribution in [3.05, 3.63) is 95.6 Å². The number of anilines is 1. The van der Waals surface area contributed by atoms with Crippen molar-refractivity contribution in [3.63, 3.8) is 0 Å². The molecule has 0 amide bonds. The number of thiocarbonyl (C=S) groups is 1. The molecule has 3 aromatic rings. The van der Waals surface area contributed by atoms with E-state index in [1.54, 1.807) is 7.11 Å². The standard InChI is InChI=1S/C23H23N3OS/c1-17-8-10-19(11-9-17)22(24-16-18-6-4-3-5-7-18)26-23(28)25-20-12-14-21(27-2)15-13-20/h3-15H,16H2,1-2H3,(H2,24,25,26,28)/p+1. The van der Waals surface area contributed by atoms with E-state index in [1.165, 1.54) is 11.1 Å². The van der Waals surface area contributed by atoms with Gasteiger partial charge in [-0.05, 0) is 61.1 Å². The highest BCUT2D eigenvalue weighted by Crippen LogP contribution is 2.14. The summed E-state index contributed by atoms with van der Waals surface area (Å²) >= 11 is 5.52. The summed E-state index contributed by atoms with van der Waals surface area (Å²) in [6, 6.07) is 26.2. The molecule has 4 nitrogen and oxygen atoms in total. The number of amidine groups is 1. The number of hydrogen-bond acceptors (Lipinski definition) is 2. The van der Waals surface area contributed by atoms with Gasteiger partial charge in [0.2, 0.25) is 0 Å². The summed E-state index contributed by atoms with van der Waals surface area (Å²) in [6.07, 6.45) is 0. The summed E-state index contributed by atoms with van der Waals surface area (Å²) in [5, 5.41) is 7.02. The summed E-state index contributed by atoms with van der Waals surface area (Å²) in [5.74, 6) is 1.66. The van der Waals surface area contributed by atoms with Crippen LogP contribution in [0.15, 0.2) is 78.9 Å². The minimum atomic E-state index is 0.515. The molecular weight excluding hydrogens is 366 g/mol. The van der Waals surface area contributed by atoms with Crippen LogP contribution in [0.4, 0.5) is 5.69 Å². The molecule has 0 spiro atoms. The molecule has 0 heterocycles. The molecule has 0 unspecified atom stereocenters. The second kappa shape index (κ2) is 9.67. The SMILES string of the molecule is COc1ccc(NC(=S)NC(=[NH+]Cc2ccccc2)c2ccc(C)cc2)cc1. The minimum absolute atomic E-state index is 0.515. The number of aryl methyl sites for hydroxylation is 1. The first-order valence-electron chi connectivity index (χ1n) is 9.08. The van der Waals surface area contributed by atoms with E-state index < -0.39 is 0 Å². The highest BCUT2D eigenvalue weighted by molar-refractivity contribution is 7.80. The number of nitrogens with one attached hydrogen (secondary N) is 3. The largest absolute Gasteiger partial charge is 0.497 e. The van der Waals surface area contributed by atoms with E-state index in [-0.39, 0.29) is 0 Å². The molecule has 0 bridgehead atoms. The molecule has 0 aliphatic heterocycles. The van der Waals surface area contributed by atoms with Gasteiger partial charge in [0.15, 0.2) is 0 Å². The predicted molar refractivity (Wildman–Crippen MR) is 119 cm³/mol. The lowest BCUT2D eigenvalue weighted by atomic mass is 10.1. The van der Waals surface area contributed by atoms with Crippen molar-refractivity contribution in [3.8, 4) is 5.75 Å². The van der Waals surface area contributed by atoms with Gasteiger partial charge in [-0.1, -0.05) is 48.0 Å². The topological polar surface area (TPSA) is 47.3 Å². The summed E-state index contributed by atoms with van der Waals surface area (Å²) < 4.78 is 5.19. The molecule has 142 valence electrons. The van der Waals surface area contributed by atoms with Crippen LogP contribution in [0.25, 0.3) is 0 Å². The zero-order valence-corrected chi connectivity index (χ0v) is 16.8. The summed E-state index contributed by atoms with van der Waals surface area (Å²) in [5.41, 5.74) is 4.35. The van der Waals surface area contributed by atoms with Gasteiger partial charge in [0.05, 0.1) is 12.7 Å². The normalized spacial score (nSPS) is 11.0. The van der Waals surface area contributed by atoms with Crippen molar-refractivity contribution in [2.24, 2.45) is 0 Å². The minimum Gasteiger partial charge on any atom is -0.497 e. The second-order valence-corrected chi connectivity index (χ2v) is 6.80. The van der Waals surface area contributed by atoms with E-state index in [0.29, 0.717) is 11.7 Å². The van der Waals surface area contributed by atoms with Crippen LogP contribution in [0.2, 0.25) is 0 Å². The maximum absolute atomic E-state index is 5.52. The van der Waals surface area contributed by atoms with Crippen LogP contribution in [0.1, 0.15) is 16.7 Å². The van der Waals surface area contributed by atoms with Crippen molar-refractivity contribution in [2.75, 3.05) is 12.4 Å². The Labute approximate surface area is 171 Å². The third kappa shape index (κ3) is 5.66. The van der Waals surface area contributed by atoms with Gasteiger partial charge in [-0.3, -0.25) is 4.99 Å². The Morgan fingerprint density at radius 1 is 0.929 bits per heavy atom. The molecule has 3 aromatic carbocycles. The molecule has 0 fully saturated rings. The number of benzene rings is 3. The van der Waals surface area contributed by atoms with Gasteiger partial charge in [0, 0.05) is 5.69 Å². The maximum Gasteiger partial charge on any atom is 0.282 e. The van der Waals surface area contributed by atoms with Crippen LogP contribution in [0.5, 0.6) is 5.75 Å². The number of methoxy groups -OCH3 is 1. The Kier molecular flexibility index (Phi) is 6.76. The van der Waals surface area contributed by atoms with Crippen LogP contribution >= 0.6 is 12.2 Å². The highest BCUT2D eigenvalue weighted by atomic mass is 32.1. The Morgan fingerprint density at radius 2 is 1.61 bits per heavy atom. The second-order valence-electron chi connectivity index (χ2n) is 6.39. The van der Waals surface area contributed by atoms with Crippen LogP contribution in [0.3, 0.4) is 0 Å². The fourth-order valence-corrected chi connectivity index (χ4v) is 2.90. The molecule has 0 aromatic heterocycles. The van der Waals surface area contributed by atoms with Gasteiger partial charge in [-0.2, -0.15) is 0 Å². The Morgan fingerprint density at radius 3 is 2.25 bits per heavy atom. The van der Waals surface area contributed by atoms with E-state index >= 15 is 0 Å². The fourth-order valence-electron chi connectivity index (χ4n) is 2.68. The molecule has 3 rings (SSSR count). The van der Waals surface area contributed by atoms with Crippen LogP contribution < -0.4 is 20.4 Å². The Hall–Kier alpha value is -3.18. The third-order valence-corrected chi connectivity index (χ3v) is 4.44. The lowest BCUT2D eigenvalue weighted by Gasteiger charge is -2.09. The molecule has 5 heteroatoms. The van der Waals surface area contributed by atoms with Crippen LogP contribution in [-0.4, -0.2) is 18.1 Å². The van der Waals surface area contributed by atoms with Crippen molar-refractivity contribution >= 4 is 28.9 Å². The molecule has 0 aliphatic carbocycles. The van der Waals surface area contributed by atoms with Crippen molar-refractivity contribution in [1.82, 2.24) is 5.32 Å². The van der Waals surface area contributed by atoms with Crippen LogP contribution in [-0.2, 0) is 6.54 Å². The lowest BCUT2D eigenvalue weighted by molar-refractivity contribution is -0.476. The van der Waals surface area contributed by atoms with Gasteiger partial charge in [0.25, 0.3) is 10.9 Å². The fraction of sp³-hybridized carbons (Fsp3) is 0.130. The van der Waals surface area contributed by atoms with Gasteiger partial charge in [0.1, 0.15) is 12.3 Å². The van der Waals surface area contributed by atoms with Gasteiger partial charge >= 0.3 is 0 Å². The van der Waals surface area contributed by atoms with Crippen LogP contribution in [0, 0.1) is 6.92 Å². The predicted octanol–water partition coefficient (Wildman–Crippen LogP) is 3.02. The summed E-state index contributed by atoms with van der Waals surface area (Å²) in [6.45, 7) is 2.77. The van der Waals surface area contributed by atoms with Gasteiger partial charge < -0.3 is 10.1 Å². The van der Waals surface area contributed by atoms with Gasteiger partial charge in [-0.25, -0.2) is 5.32 Å². The zero-order valence-electron chi connectivity index (χ0n) is 16.0. The molecule has 3 N–H and O–H groups in total. The number of ether oxygens (including phenoxy) is 1. The summed E-state index contributed by atoms with van der Waals surface area (Å²) in [4.78, 5) is 3.46. The lowest BCUT2D eigenvalue weighted by Crippen LogP contribution is -2.75. The first kappa shape index (κ1) is 19.6. The third-order valence-electron chi connectivity index (χ3n) is 4.24. The smallest absolute Gasteiger partial charge is 0.282 e. The molecular formula is C23H24N3OS+. The molecule has 28 heavy (non-hydrogen) atoms. The molecule has 0 saturated heterocycles. The first-order valence-corrected chi connectivity index (χ1v) is 9.49. The maximum atomic E-state index is 5.52. The van der Waals surface area contributed by atoms with E-state index in [9.17, 15) is 0 Å². The average Bonchev–Trinajstić information content (AvgIpc) is 2.73. The van der Waals surface area contributed by atoms with E-state index in [0.717, 1.165) is 22.8 Å². The average molecular weight is 391 g/mol. The highest BCUT2D eigenvalue weighted by Gasteiger charge is 2.13. The van der Waals surface area contributed by atoms with Crippen molar-refractivity contribution in [1.29, 1.82) is 0 Å². The number of rotatable bonds is 5. The van der Waals surface area contributed by atoms with Gasteiger partial charge in [-0.15, -0.1) is 0 Å². The molecule has 0 radical (unpaired) electrons. The van der Waals surface area contributed by atoms with E-state index in [4.69, 9.17) is 17.0 Å². The summed E-state index contributed by atoms with van der Waals surface area (Å²) in [7, 11) is 1.65. The Bertz CT molecular complexity index is 936. The molecule has 0 saturated carbocycles. The van der Waals surface area contributed by atoms with Crippen molar-refractivity contribution in [2.45, 2.75) is 13.5 Å². The Balaban J connectivity index is 1.75. The van der Waals surface area contributed by atoms with E-state index in [1.807, 2.05) is 42.5 Å². The molecule has 0 atom stereocenters. The van der Waals surface area contributed by atoms with Crippen molar-refractivity contribution < 1.29 is 9.73 Å². The van der Waals surface area contributed by atoms with E-state index in [2.05, 4.69) is 58.9 Å². The monoisotopic (exact) mass is 390 g/mol. The zero-order chi connectivity index (χ0) is 19.8. The molecule has 0 aliphatic rings. The quantitative estimate of drug-likeness (QED) is 0.356. The number of hydrogen-bond donors (Lipinski definition) is 3. The first-order chi connectivity index (χ1) is 13.6.